The zero-order valence-corrected chi connectivity index (χ0v) is 19.8. The standard InChI is InChI=1S/C29H26N2O4/c1-17(2)35-21-11-7-9-19(15-21)27(32)25-26(23-16-30-24-13-5-4-12-22(23)24)31(29(34)28(25)33)20-10-6-8-18(3)14-20/h4-17,26,30,32H,1-3H3/b27-25+. The number of fused-ring (bicyclic) bond motifs is 1. The molecule has 1 aliphatic rings. The number of aliphatic hydroxyl groups is 1. The number of aliphatic hydroxyl groups excluding tert-OH is 1. The Labute approximate surface area is 203 Å². The first-order valence-corrected chi connectivity index (χ1v) is 11.6. The summed E-state index contributed by atoms with van der Waals surface area (Å²) in [5.41, 5.74) is 3.62. The summed E-state index contributed by atoms with van der Waals surface area (Å²) in [6, 6.07) is 21.3. The summed E-state index contributed by atoms with van der Waals surface area (Å²) in [6.45, 7) is 5.76. The van der Waals surface area contributed by atoms with Crippen molar-refractivity contribution in [2.24, 2.45) is 0 Å². The summed E-state index contributed by atoms with van der Waals surface area (Å²) in [4.78, 5) is 31.6. The van der Waals surface area contributed by atoms with E-state index in [0.717, 1.165) is 22.0 Å². The molecule has 35 heavy (non-hydrogen) atoms. The van der Waals surface area contributed by atoms with Gasteiger partial charge in [0.15, 0.2) is 0 Å². The number of H-pyrrole nitrogens is 1. The first-order chi connectivity index (χ1) is 16.8. The maximum Gasteiger partial charge on any atom is 0.300 e. The number of hydrogen-bond donors (Lipinski definition) is 2. The molecule has 6 nitrogen and oxygen atoms in total. The highest BCUT2D eigenvalue weighted by molar-refractivity contribution is 6.51. The van der Waals surface area contributed by atoms with E-state index in [1.54, 1.807) is 36.5 Å². The number of carbonyl (C=O) groups is 2. The van der Waals surface area contributed by atoms with Gasteiger partial charge in [-0.25, -0.2) is 0 Å². The summed E-state index contributed by atoms with van der Waals surface area (Å²) >= 11 is 0. The van der Waals surface area contributed by atoms with Crippen molar-refractivity contribution in [2.45, 2.75) is 32.9 Å². The van der Waals surface area contributed by atoms with E-state index in [9.17, 15) is 14.7 Å². The summed E-state index contributed by atoms with van der Waals surface area (Å²) in [6.07, 6.45) is 1.75. The number of para-hydroxylation sites is 1. The van der Waals surface area contributed by atoms with Crippen LogP contribution < -0.4 is 9.64 Å². The highest BCUT2D eigenvalue weighted by Gasteiger charge is 2.47. The zero-order chi connectivity index (χ0) is 24.7. The molecule has 1 aromatic heterocycles. The molecular formula is C29H26N2O4. The number of aromatic nitrogens is 1. The number of ketones is 1. The van der Waals surface area contributed by atoms with Crippen molar-refractivity contribution in [3.63, 3.8) is 0 Å². The average molecular weight is 467 g/mol. The molecule has 0 radical (unpaired) electrons. The number of hydrogen-bond acceptors (Lipinski definition) is 4. The van der Waals surface area contributed by atoms with Gasteiger partial charge < -0.3 is 14.8 Å². The minimum Gasteiger partial charge on any atom is -0.507 e. The predicted molar refractivity (Wildman–Crippen MR) is 136 cm³/mol. The molecular weight excluding hydrogens is 440 g/mol. The van der Waals surface area contributed by atoms with Crippen molar-refractivity contribution >= 4 is 34.0 Å². The smallest absolute Gasteiger partial charge is 0.300 e. The van der Waals surface area contributed by atoms with Gasteiger partial charge in [0.25, 0.3) is 11.7 Å². The number of nitrogens with one attached hydrogen (secondary N) is 1. The summed E-state index contributed by atoms with van der Waals surface area (Å²) in [5, 5.41) is 12.3. The molecule has 1 saturated heterocycles. The van der Waals surface area contributed by atoms with Crippen molar-refractivity contribution in [1.82, 2.24) is 4.98 Å². The molecule has 176 valence electrons. The molecule has 1 unspecified atom stereocenters. The minimum absolute atomic E-state index is 0.0444. The molecule has 1 amide bonds. The Balaban J connectivity index is 1.74. The van der Waals surface area contributed by atoms with Crippen LogP contribution in [0.4, 0.5) is 5.69 Å². The Hall–Kier alpha value is -4.32. The highest BCUT2D eigenvalue weighted by atomic mass is 16.5. The van der Waals surface area contributed by atoms with Crippen LogP contribution in [-0.4, -0.2) is 27.9 Å². The fourth-order valence-electron chi connectivity index (χ4n) is 4.64. The number of aryl methyl sites for hydroxylation is 1. The van der Waals surface area contributed by atoms with E-state index in [-0.39, 0.29) is 17.4 Å². The van der Waals surface area contributed by atoms with Gasteiger partial charge in [-0.3, -0.25) is 14.5 Å². The number of ether oxygens (including phenoxy) is 1. The highest BCUT2D eigenvalue weighted by Crippen LogP contribution is 2.44. The van der Waals surface area contributed by atoms with Gasteiger partial charge in [0, 0.05) is 33.9 Å². The molecule has 2 heterocycles. The van der Waals surface area contributed by atoms with Crippen LogP contribution in [0.5, 0.6) is 5.75 Å². The number of anilines is 1. The van der Waals surface area contributed by atoms with Crippen LogP contribution in [0, 0.1) is 6.92 Å². The Morgan fingerprint density at radius 2 is 1.77 bits per heavy atom. The van der Waals surface area contributed by atoms with Gasteiger partial charge in [-0.1, -0.05) is 42.5 Å². The lowest BCUT2D eigenvalue weighted by atomic mass is 9.94. The minimum atomic E-state index is -0.803. The van der Waals surface area contributed by atoms with Gasteiger partial charge in [-0.05, 0) is 56.7 Å². The lowest BCUT2D eigenvalue weighted by Crippen LogP contribution is -2.29. The quantitative estimate of drug-likeness (QED) is 0.218. The molecule has 0 bridgehead atoms. The Bertz CT molecular complexity index is 1480. The van der Waals surface area contributed by atoms with Crippen LogP contribution in [0.15, 0.2) is 84.6 Å². The van der Waals surface area contributed by atoms with Crippen molar-refractivity contribution < 1.29 is 19.4 Å². The molecule has 0 aliphatic carbocycles. The maximum absolute atomic E-state index is 13.4. The van der Waals surface area contributed by atoms with Crippen LogP contribution >= 0.6 is 0 Å². The largest absolute Gasteiger partial charge is 0.507 e. The van der Waals surface area contributed by atoms with Crippen molar-refractivity contribution in [2.75, 3.05) is 4.90 Å². The van der Waals surface area contributed by atoms with E-state index in [2.05, 4.69) is 4.98 Å². The van der Waals surface area contributed by atoms with Crippen LogP contribution in [-0.2, 0) is 9.59 Å². The lowest BCUT2D eigenvalue weighted by Gasteiger charge is -2.25. The first kappa shape index (κ1) is 22.5. The molecule has 1 atom stereocenters. The third kappa shape index (κ3) is 3.97. The van der Waals surface area contributed by atoms with Gasteiger partial charge in [-0.15, -0.1) is 0 Å². The van der Waals surface area contributed by atoms with Crippen molar-refractivity contribution in [3.8, 4) is 5.75 Å². The van der Waals surface area contributed by atoms with Crippen LogP contribution in [0.3, 0.4) is 0 Å². The average Bonchev–Trinajstić information content (AvgIpc) is 3.37. The summed E-state index contributed by atoms with van der Waals surface area (Å²) in [7, 11) is 0. The van der Waals surface area contributed by atoms with Gasteiger partial charge in [0.2, 0.25) is 0 Å². The van der Waals surface area contributed by atoms with E-state index < -0.39 is 17.7 Å². The van der Waals surface area contributed by atoms with E-state index in [1.165, 1.54) is 4.90 Å². The number of Topliss-reactive ketones (excluding diaryl/α,β-unsaturated/α-hetero) is 1. The van der Waals surface area contributed by atoms with Crippen LogP contribution in [0.1, 0.15) is 36.6 Å². The van der Waals surface area contributed by atoms with Gasteiger partial charge in [-0.2, -0.15) is 0 Å². The number of benzene rings is 3. The second-order valence-corrected chi connectivity index (χ2v) is 8.99. The Morgan fingerprint density at radius 1 is 1.00 bits per heavy atom. The number of aromatic amines is 1. The molecule has 0 spiro atoms. The van der Waals surface area contributed by atoms with Gasteiger partial charge in [0.1, 0.15) is 11.5 Å². The number of rotatable bonds is 5. The number of amides is 1. The lowest BCUT2D eigenvalue weighted by molar-refractivity contribution is -0.132. The first-order valence-electron chi connectivity index (χ1n) is 11.6. The third-order valence-corrected chi connectivity index (χ3v) is 6.12. The normalized spacial score (nSPS) is 17.5. The molecule has 4 aromatic rings. The van der Waals surface area contributed by atoms with Crippen molar-refractivity contribution in [1.29, 1.82) is 0 Å². The van der Waals surface area contributed by atoms with Gasteiger partial charge >= 0.3 is 0 Å². The van der Waals surface area contributed by atoms with E-state index in [4.69, 9.17) is 4.74 Å². The van der Waals surface area contributed by atoms with Crippen LogP contribution in [0.2, 0.25) is 0 Å². The topological polar surface area (TPSA) is 82.6 Å². The summed E-state index contributed by atoms with van der Waals surface area (Å²) in [5.74, 6) is -1.07. The Morgan fingerprint density at radius 3 is 2.54 bits per heavy atom. The Kier molecular flexibility index (Phi) is 5.65. The molecule has 1 fully saturated rings. The molecule has 0 saturated carbocycles. The summed E-state index contributed by atoms with van der Waals surface area (Å²) < 4.78 is 5.77. The molecule has 6 heteroatoms. The third-order valence-electron chi connectivity index (χ3n) is 6.12. The van der Waals surface area contributed by atoms with Crippen molar-refractivity contribution in [3.05, 3.63) is 101 Å². The number of carbonyl (C=O) groups excluding carboxylic acids is 2. The zero-order valence-electron chi connectivity index (χ0n) is 19.8. The van der Waals surface area contributed by atoms with E-state index in [0.29, 0.717) is 17.0 Å². The predicted octanol–water partition coefficient (Wildman–Crippen LogP) is 5.89. The molecule has 1 aliphatic heterocycles. The van der Waals surface area contributed by atoms with Crippen LogP contribution in [0.25, 0.3) is 16.7 Å². The SMILES string of the molecule is Cc1cccc(N2C(=O)C(=O)/C(=C(/O)c3cccc(OC(C)C)c3)C2c2c[nH]c3ccccc23)c1. The van der Waals surface area contributed by atoms with Gasteiger partial charge in [0.05, 0.1) is 17.7 Å². The fraction of sp³-hybridized carbons (Fsp3) is 0.172. The number of nitrogens with zero attached hydrogens (tertiary/aromatic N) is 1. The molecule has 5 rings (SSSR count). The maximum atomic E-state index is 13.4. The second kappa shape index (κ2) is 8.80. The fourth-order valence-corrected chi connectivity index (χ4v) is 4.64. The molecule has 3 aromatic carbocycles. The molecule has 2 N–H and O–H groups in total. The van der Waals surface area contributed by atoms with E-state index >= 15 is 0 Å². The second-order valence-electron chi connectivity index (χ2n) is 8.99. The van der Waals surface area contributed by atoms with E-state index in [1.807, 2.05) is 63.2 Å². The monoisotopic (exact) mass is 466 g/mol.